The average molecular weight is 955 g/mol. The SMILES string of the molecule is CCn1c(-c2cnccc2COC)c2c3cc(ccc31)-c1cccc(c1)C[C@H](NC(=O)[C@H](C(C)C)N(C)C(=O)CC(C)(C)N=C=Nc1ccc(OC)cc1)C(=O)N1CCC[C@H](N1)[N+](=O)OCC(C)(C)C2. The maximum atomic E-state index is 14.8. The van der Waals surface area contributed by atoms with Crippen LogP contribution in [0.1, 0.15) is 84.4 Å². The minimum atomic E-state index is -1.07. The summed E-state index contributed by atoms with van der Waals surface area (Å²) in [6, 6.07) is 24.4. The number of nitrogens with zero attached hydrogens (tertiary/aromatic N) is 7. The number of aliphatic imine (C=N–C) groups is 2. The molecule has 0 saturated carbocycles. The lowest BCUT2D eigenvalue weighted by molar-refractivity contribution is -0.835. The Morgan fingerprint density at radius 2 is 1.84 bits per heavy atom. The fourth-order valence-corrected chi connectivity index (χ4v) is 9.52. The number of carbonyl (C=O) groups is 3. The topological polar surface area (TPSA) is 172 Å². The summed E-state index contributed by atoms with van der Waals surface area (Å²) in [5.41, 5.74) is 10.3. The van der Waals surface area contributed by atoms with E-state index in [1.165, 1.54) is 9.91 Å². The summed E-state index contributed by atoms with van der Waals surface area (Å²) in [7, 11) is 4.88. The van der Waals surface area contributed by atoms with Gasteiger partial charge in [-0.05, 0) is 110 Å². The lowest BCUT2D eigenvalue weighted by Gasteiger charge is -2.35. The molecule has 16 heteroatoms. The third kappa shape index (κ3) is 11.8. The van der Waals surface area contributed by atoms with Crippen molar-refractivity contribution in [2.75, 3.05) is 34.4 Å². The first kappa shape index (κ1) is 51.1. The van der Waals surface area contributed by atoms with Crippen molar-refractivity contribution in [3.8, 4) is 28.1 Å². The number of hydrogen-bond acceptors (Lipinski definition) is 11. The van der Waals surface area contributed by atoms with Crippen molar-refractivity contribution in [1.82, 2.24) is 30.2 Å². The van der Waals surface area contributed by atoms with E-state index in [-0.39, 0.29) is 31.3 Å². The number of ether oxygens (including phenoxy) is 2. The number of methoxy groups -OCH3 is 2. The van der Waals surface area contributed by atoms with Gasteiger partial charge in [-0.15, -0.1) is 0 Å². The van der Waals surface area contributed by atoms with Gasteiger partial charge in [0.25, 0.3) is 5.91 Å². The smallest absolute Gasteiger partial charge is 0.326 e. The molecule has 70 heavy (non-hydrogen) atoms. The molecule has 2 N–H and O–H groups in total. The van der Waals surface area contributed by atoms with Gasteiger partial charge in [-0.25, -0.2) is 9.83 Å². The second-order valence-corrected chi connectivity index (χ2v) is 20.1. The lowest BCUT2D eigenvalue weighted by atomic mass is 9.84. The summed E-state index contributed by atoms with van der Waals surface area (Å²) in [6.07, 6.45) is 4.47. The number of carbonyl (C=O) groups excluding carboxylic acids is 3. The number of rotatable bonds is 13. The lowest BCUT2D eigenvalue weighted by Crippen LogP contribution is -2.62. The summed E-state index contributed by atoms with van der Waals surface area (Å²) < 4.78 is 13.2. The molecule has 1 saturated heterocycles. The maximum Gasteiger partial charge on any atom is 0.326 e. The molecule has 16 nitrogen and oxygen atoms in total. The van der Waals surface area contributed by atoms with Crippen LogP contribution in [0.5, 0.6) is 5.75 Å². The number of benzene rings is 3. The van der Waals surface area contributed by atoms with E-state index in [1.54, 1.807) is 65.6 Å². The molecule has 5 aromatic rings. The number of pyridine rings is 1. The minimum absolute atomic E-state index is 0.0274. The van der Waals surface area contributed by atoms with Crippen molar-refractivity contribution < 1.29 is 33.6 Å². The first-order valence-electron chi connectivity index (χ1n) is 24.1. The van der Waals surface area contributed by atoms with Crippen LogP contribution in [-0.4, -0.2) is 106 Å². The van der Waals surface area contributed by atoms with Crippen molar-refractivity contribution in [3.05, 3.63) is 107 Å². The Morgan fingerprint density at radius 3 is 2.56 bits per heavy atom. The van der Waals surface area contributed by atoms with Gasteiger partial charge in [-0.3, -0.25) is 24.4 Å². The highest BCUT2D eigenvalue weighted by Crippen LogP contribution is 2.41. The van der Waals surface area contributed by atoms with Gasteiger partial charge >= 0.3 is 6.17 Å². The van der Waals surface area contributed by atoms with E-state index < -0.39 is 41.0 Å². The fourth-order valence-electron chi connectivity index (χ4n) is 9.52. The largest absolute Gasteiger partial charge is 0.497 e. The van der Waals surface area contributed by atoms with E-state index >= 15 is 0 Å². The molecule has 0 spiro atoms. The number of hydrazine groups is 1. The molecule has 3 aromatic carbocycles. The Labute approximate surface area is 411 Å². The Balaban J connectivity index is 1.23. The summed E-state index contributed by atoms with van der Waals surface area (Å²) in [6.45, 7) is 15.2. The van der Waals surface area contributed by atoms with Gasteiger partial charge in [0, 0.05) is 74.4 Å². The second kappa shape index (κ2) is 21.9. The maximum absolute atomic E-state index is 14.8. The minimum Gasteiger partial charge on any atom is -0.497 e. The number of hydrogen-bond donors (Lipinski definition) is 2. The van der Waals surface area contributed by atoms with Gasteiger partial charge < -0.3 is 24.3 Å². The number of likely N-dealkylation sites (N-methyl/N-ethyl adjacent to an activating group) is 1. The highest BCUT2D eigenvalue weighted by atomic mass is 16.8. The summed E-state index contributed by atoms with van der Waals surface area (Å²) in [5.74, 6) is -0.828. The van der Waals surface area contributed by atoms with Gasteiger partial charge in [0.15, 0.2) is 6.61 Å². The third-order valence-corrected chi connectivity index (χ3v) is 13.1. The molecule has 0 radical (unpaired) electrons. The zero-order valence-corrected chi connectivity index (χ0v) is 42.2. The number of nitrogens with one attached hydrogen (secondary N) is 2. The van der Waals surface area contributed by atoms with Crippen LogP contribution < -0.4 is 15.5 Å². The monoisotopic (exact) mass is 955 g/mol. The fraction of sp³-hybridized carbons (Fsp3) is 0.463. The van der Waals surface area contributed by atoms with Crippen molar-refractivity contribution >= 4 is 40.3 Å². The molecule has 6 bridgehead atoms. The molecule has 3 amide bonds. The van der Waals surface area contributed by atoms with E-state index in [2.05, 4.69) is 87.4 Å². The Morgan fingerprint density at radius 1 is 1.09 bits per heavy atom. The number of aryl methyl sites for hydroxylation is 1. The molecule has 3 atom stereocenters. The van der Waals surface area contributed by atoms with Gasteiger partial charge in [-0.1, -0.05) is 58.0 Å². The molecule has 2 aliphatic heterocycles. The van der Waals surface area contributed by atoms with Crippen LogP contribution in [0, 0.1) is 16.2 Å². The van der Waals surface area contributed by atoms with Crippen LogP contribution in [0.15, 0.2) is 95.2 Å². The second-order valence-electron chi connectivity index (χ2n) is 20.1. The molecule has 7 rings (SSSR count). The van der Waals surface area contributed by atoms with Crippen LogP contribution in [0.3, 0.4) is 0 Å². The van der Waals surface area contributed by atoms with Crippen LogP contribution in [0.4, 0.5) is 5.69 Å². The third-order valence-electron chi connectivity index (χ3n) is 13.1. The van der Waals surface area contributed by atoms with Crippen LogP contribution in [0.2, 0.25) is 0 Å². The predicted octanol–water partition coefficient (Wildman–Crippen LogP) is 8.48. The Kier molecular flexibility index (Phi) is 16.0. The van der Waals surface area contributed by atoms with Crippen molar-refractivity contribution in [2.45, 2.75) is 118 Å². The van der Waals surface area contributed by atoms with E-state index in [4.69, 9.17) is 14.3 Å². The highest BCUT2D eigenvalue weighted by Gasteiger charge is 2.41. The van der Waals surface area contributed by atoms with Crippen LogP contribution >= 0.6 is 0 Å². The highest BCUT2D eigenvalue weighted by molar-refractivity contribution is 5.96. The zero-order chi connectivity index (χ0) is 50.3. The summed E-state index contributed by atoms with van der Waals surface area (Å²) in [5, 5.41) is 5.55. The molecule has 4 heterocycles. The van der Waals surface area contributed by atoms with Gasteiger partial charge in [-0.2, -0.15) is 10.4 Å². The summed E-state index contributed by atoms with van der Waals surface area (Å²) in [4.78, 5) is 78.5. The molecule has 1 fully saturated rings. The first-order chi connectivity index (χ1) is 33.4. The van der Waals surface area contributed by atoms with Crippen LogP contribution in [0.25, 0.3) is 33.3 Å². The van der Waals surface area contributed by atoms with Gasteiger partial charge in [0.2, 0.25) is 16.7 Å². The number of fused-ring (bicyclic) bond motifs is 6. The van der Waals surface area contributed by atoms with Crippen LogP contribution in [-0.2, 0) is 50.0 Å². The van der Waals surface area contributed by atoms with Crippen molar-refractivity contribution in [3.63, 3.8) is 0 Å². The van der Waals surface area contributed by atoms with E-state index in [0.29, 0.717) is 55.3 Å². The zero-order valence-electron chi connectivity index (χ0n) is 42.2. The van der Waals surface area contributed by atoms with E-state index in [9.17, 15) is 19.3 Å². The number of amides is 3. The quantitative estimate of drug-likeness (QED) is 0.110. The van der Waals surface area contributed by atoms with Gasteiger partial charge in [0.1, 0.15) is 17.8 Å². The summed E-state index contributed by atoms with van der Waals surface area (Å²) >= 11 is 0. The average Bonchev–Trinajstić information content (AvgIpc) is 3.64. The molecule has 2 aliphatic rings. The molecule has 2 aromatic heterocycles. The number of aromatic nitrogens is 2. The standard InChI is InChI=1S/C54H67N9O7/c1-11-61-46-22-17-38-28-42(46)43(50(61)44-31-55-24-23-39(44)32-68-9)29-53(4,5)33-70-63(67)47-16-13-25-62(59-47)52(66)45(27-36-14-12-15-37(38)26-36)58-51(65)49(35(2)3)60(8)48(64)30-54(6,7)57-34-56-40-18-20-41(69-10)21-19-40/h12,14-15,17-24,26,28,31,35,45,47,49,59H,11,13,16,25,27,29-30,32-33H2,1-10H3/p+1/t45-,47+,49-/m0/s1. The molecule has 370 valence electrons. The normalized spacial score (nSPS) is 17.8. The predicted molar refractivity (Wildman–Crippen MR) is 270 cm³/mol. The van der Waals surface area contributed by atoms with Gasteiger partial charge in [0.05, 0.1) is 48.0 Å². The Bertz CT molecular complexity index is 2780. The van der Waals surface area contributed by atoms with E-state index in [1.807, 2.05) is 38.2 Å². The molecule has 0 aliphatic carbocycles. The first-order valence-corrected chi connectivity index (χ1v) is 24.1. The Hall–Kier alpha value is -6.74. The van der Waals surface area contributed by atoms with Crippen molar-refractivity contribution in [1.29, 1.82) is 0 Å². The molecular formula is C54H68N9O7+. The molecule has 0 unspecified atom stereocenters. The van der Waals surface area contributed by atoms with Crippen molar-refractivity contribution in [2.24, 2.45) is 21.3 Å². The molecular weight excluding hydrogens is 887 g/mol. The van der Waals surface area contributed by atoms with E-state index in [0.717, 1.165) is 50.0 Å².